The molecule has 1 atom stereocenters. The number of carbonyl (C=O) groups excluding carboxylic acids is 1. The van der Waals surface area contributed by atoms with Gasteiger partial charge in [-0.2, -0.15) is 0 Å². The highest BCUT2D eigenvalue weighted by atomic mass is 35.5. The van der Waals surface area contributed by atoms with E-state index in [2.05, 4.69) is 53.3 Å². The molecule has 0 spiro atoms. The van der Waals surface area contributed by atoms with Gasteiger partial charge in [0.2, 0.25) is 0 Å². The van der Waals surface area contributed by atoms with Crippen LogP contribution >= 0.6 is 11.6 Å². The van der Waals surface area contributed by atoms with Crippen molar-refractivity contribution in [3.8, 4) is 5.75 Å². The first-order valence-corrected chi connectivity index (χ1v) is 12.3. The Hall–Kier alpha value is -2.89. The van der Waals surface area contributed by atoms with Gasteiger partial charge in [-0.15, -0.1) is 0 Å². The van der Waals surface area contributed by atoms with Gasteiger partial charge in [0.15, 0.2) is 6.61 Å². The van der Waals surface area contributed by atoms with Crippen molar-refractivity contribution in [1.29, 1.82) is 0 Å². The number of rotatable bonds is 9. The largest absolute Gasteiger partial charge is 0.484 e. The molecule has 1 fully saturated rings. The number of likely N-dealkylation sites (tertiary alicyclic amines) is 1. The second-order valence-corrected chi connectivity index (χ2v) is 9.43. The lowest BCUT2D eigenvalue weighted by molar-refractivity contribution is -0.135. The first-order valence-electron chi connectivity index (χ1n) is 11.9. The first kappa shape index (κ1) is 24.2. The van der Waals surface area contributed by atoms with Gasteiger partial charge in [-0.25, -0.2) is 0 Å². The minimum atomic E-state index is 0.0386. The quantitative estimate of drug-likeness (QED) is 0.430. The molecule has 2 heterocycles. The lowest BCUT2D eigenvalue weighted by atomic mass is 9.85. The third-order valence-corrected chi connectivity index (χ3v) is 6.87. The summed E-state index contributed by atoms with van der Waals surface area (Å²) in [5, 5.41) is 0.652. The Bertz CT molecular complexity index is 1020. The van der Waals surface area contributed by atoms with Crippen LogP contribution in [0.1, 0.15) is 24.0 Å². The molecule has 0 radical (unpaired) electrons. The molecule has 5 nitrogen and oxygen atoms in total. The van der Waals surface area contributed by atoms with Crippen molar-refractivity contribution in [2.75, 3.05) is 26.7 Å². The number of ether oxygens (including phenoxy) is 1. The Morgan fingerprint density at radius 1 is 1.06 bits per heavy atom. The number of carbonyl (C=O) groups is 1. The fraction of sp³-hybridized carbons (Fsp3) is 0.357. The van der Waals surface area contributed by atoms with Gasteiger partial charge in [-0.1, -0.05) is 48.0 Å². The predicted octanol–water partition coefficient (Wildman–Crippen LogP) is 5.10. The number of pyridine rings is 1. The van der Waals surface area contributed by atoms with E-state index in [-0.39, 0.29) is 12.5 Å². The molecule has 1 aliphatic heterocycles. The molecule has 0 bridgehead atoms. The smallest absolute Gasteiger partial charge is 0.260 e. The normalized spacial score (nSPS) is 15.3. The van der Waals surface area contributed by atoms with Gasteiger partial charge in [0.25, 0.3) is 5.91 Å². The molecule has 6 heteroatoms. The first-order chi connectivity index (χ1) is 16.6. The van der Waals surface area contributed by atoms with Crippen LogP contribution in [0.4, 0.5) is 0 Å². The van der Waals surface area contributed by atoms with Gasteiger partial charge in [0.1, 0.15) is 5.75 Å². The van der Waals surface area contributed by atoms with Gasteiger partial charge in [0, 0.05) is 43.1 Å². The zero-order chi connectivity index (χ0) is 23.8. The molecule has 34 heavy (non-hydrogen) atoms. The summed E-state index contributed by atoms with van der Waals surface area (Å²) in [6, 6.07) is 22.3. The van der Waals surface area contributed by atoms with Crippen molar-refractivity contribution in [3.63, 3.8) is 0 Å². The number of piperidine rings is 1. The van der Waals surface area contributed by atoms with Gasteiger partial charge in [-0.3, -0.25) is 14.7 Å². The van der Waals surface area contributed by atoms with E-state index in [4.69, 9.17) is 16.3 Å². The van der Waals surface area contributed by atoms with Crippen LogP contribution in [0.25, 0.3) is 0 Å². The predicted molar refractivity (Wildman–Crippen MR) is 136 cm³/mol. The fourth-order valence-electron chi connectivity index (χ4n) is 4.74. The van der Waals surface area contributed by atoms with Crippen molar-refractivity contribution in [1.82, 2.24) is 14.8 Å². The topological polar surface area (TPSA) is 45.7 Å². The van der Waals surface area contributed by atoms with E-state index in [1.807, 2.05) is 23.4 Å². The van der Waals surface area contributed by atoms with Crippen LogP contribution < -0.4 is 4.74 Å². The molecule has 3 aromatic rings. The third-order valence-electron chi connectivity index (χ3n) is 6.62. The molecule has 1 amide bonds. The van der Waals surface area contributed by atoms with Gasteiger partial charge < -0.3 is 9.64 Å². The number of benzene rings is 2. The third kappa shape index (κ3) is 6.81. The second kappa shape index (κ2) is 12.0. The van der Waals surface area contributed by atoms with Crippen LogP contribution in [0, 0.1) is 5.92 Å². The van der Waals surface area contributed by atoms with E-state index in [1.165, 1.54) is 11.1 Å². The molecule has 0 N–H and O–H groups in total. The van der Waals surface area contributed by atoms with E-state index in [1.54, 1.807) is 24.3 Å². The van der Waals surface area contributed by atoms with Gasteiger partial charge in [0.05, 0.1) is 0 Å². The number of aromatic nitrogens is 1. The fourth-order valence-corrected chi connectivity index (χ4v) is 4.86. The molecule has 2 aromatic carbocycles. The van der Waals surface area contributed by atoms with E-state index in [0.717, 1.165) is 38.9 Å². The average molecular weight is 478 g/mol. The monoisotopic (exact) mass is 477 g/mol. The lowest BCUT2D eigenvalue weighted by Crippen LogP contribution is -2.47. The molecule has 178 valence electrons. The van der Waals surface area contributed by atoms with Crippen LogP contribution in [-0.4, -0.2) is 53.5 Å². The van der Waals surface area contributed by atoms with Crippen molar-refractivity contribution in [3.05, 3.63) is 95.3 Å². The summed E-state index contributed by atoms with van der Waals surface area (Å²) in [6.45, 7) is 2.44. The molecule has 1 unspecified atom stereocenters. The Morgan fingerprint density at radius 2 is 1.76 bits per heavy atom. The highest BCUT2D eigenvalue weighted by molar-refractivity contribution is 6.30. The summed E-state index contributed by atoms with van der Waals surface area (Å²) in [5.74, 6) is 1.22. The molecule has 1 aliphatic rings. The Labute approximate surface area is 207 Å². The zero-order valence-electron chi connectivity index (χ0n) is 19.6. The molecule has 1 saturated heterocycles. The second-order valence-electron chi connectivity index (χ2n) is 8.99. The number of halogens is 1. The van der Waals surface area contributed by atoms with Crippen molar-refractivity contribution < 1.29 is 9.53 Å². The average Bonchev–Trinajstić information content (AvgIpc) is 2.88. The van der Waals surface area contributed by atoms with Crippen LogP contribution in [0.2, 0.25) is 5.02 Å². The van der Waals surface area contributed by atoms with E-state index in [0.29, 0.717) is 22.7 Å². The Morgan fingerprint density at radius 3 is 2.44 bits per heavy atom. The number of hydrogen-bond acceptors (Lipinski definition) is 4. The van der Waals surface area contributed by atoms with Crippen LogP contribution in [0.3, 0.4) is 0 Å². The SMILES string of the molecule is CN(Cc1cccnc1)C(Cc1ccccc1)C1CCN(C(=O)COc2ccc(Cl)cc2)CC1. The maximum atomic E-state index is 12.7. The number of hydrogen-bond donors (Lipinski definition) is 0. The van der Waals surface area contributed by atoms with E-state index < -0.39 is 0 Å². The Balaban J connectivity index is 1.35. The number of likely N-dealkylation sites (N-methyl/N-ethyl adjacent to an activating group) is 1. The van der Waals surface area contributed by atoms with Crippen LogP contribution in [-0.2, 0) is 17.8 Å². The maximum absolute atomic E-state index is 12.7. The standard InChI is InChI=1S/C28H32ClN3O2/c1-31(20-23-8-5-15-30-19-23)27(18-22-6-3-2-4-7-22)24-13-16-32(17-14-24)28(33)21-34-26-11-9-25(29)10-12-26/h2-12,15,19,24,27H,13-14,16-18,20-21H2,1H3. The van der Waals surface area contributed by atoms with E-state index in [9.17, 15) is 4.79 Å². The van der Waals surface area contributed by atoms with E-state index >= 15 is 0 Å². The highest BCUT2D eigenvalue weighted by Gasteiger charge is 2.31. The maximum Gasteiger partial charge on any atom is 0.260 e. The minimum absolute atomic E-state index is 0.0386. The highest BCUT2D eigenvalue weighted by Crippen LogP contribution is 2.27. The Kier molecular flexibility index (Phi) is 8.56. The van der Waals surface area contributed by atoms with Crippen LogP contribution in [0.5, 0.6) is 5.75 Å². The molecule has 0 aliphatic carbocycles. The molecular weight excluding hydrogens is 446 g/mol. The summed E-state index contributed by atoms with van der Waals surface area (Å²) >= 11 is 5.92. The number of amides is 1. The molecule has 4 rings (SSSR count). The van der Waals surface area contributed by atoms with Crippen LogP contribution in [0.15, 0.2) is 79.1 Å². The number of nitrogens with zero attached hydrogens (tertiary/aromatic N) is 3. The summed E-state index contributed by atoms with van der Waals surface area (Å²) < 4.78 is 5.67. The lowest BCUT2D eigenvalue weighted by Gasteiger charge is -2.40. The van der Waals surface area contributed by atoms with Gasteiger partial charge >= 0.3 is 0 Å². The van der Waals surface area contributed by atoms with Crippen molar-refractivity contribution >= 4 is 17.5 Å². The summed E-state index contributed by atoms with van der Waals surface area (Å²) in [5.41, 5.74) is 2.57. The molecule has 1 aromatic heterocycles. The van der Waals surface area contributed by atoms with Crippen molar-refractivity contribution in [2.45, 2.75) is 31.8 Å². The minimum Gasteiger partial charge on any atom is -0.484 e. The summed E-state index contributed by atoms with van der Waals surface area (Å²) in [6.07, 6.45) is 6.73. The van der Waals surface area contributed by atoms with Gasteiger partial charge in [-0.05, 0) is 73.7 Å². The summed E-state index contributed by atoms with van der Waals surface area (Å²) in [4.78, 5) is 21.4. The van der Waals surface area contributed by atoms with Crippen molar-refractivity contribution in [2.24, 2.45) is 5.92 Å². The molecule has 0 saturated carbocycles. The molecular formula is C28H32ClN3O2. The zero-order valence-corrected chi connectivity index (χ0v) is 20.4. The summed E-state index contributed by atoms with van der Waals surface area (Å²) in [7, 11) is 2.21.